The number of thiol groups is 2. The summed E-state index contributed by atoms with van der Waals surface area (Å²) in [6.07, 6.45) is 14.8. The van der Waals surface area contributed by atoms with Gasteiger partial charge < -0.3 is 0 Å². The summed E-state index contributed by atoms with van der Waals surface area (Å²) in [5.74, 6) is 0. The first kappa shape index (κ1) is 20.3. The molecule has 0 spiro atoms. The molecular weight excluding hydrogens is 328 g/mol. The first-order chi connectivity index (χ1) is 10.6. The molecule has 1 atom stereocenters. The zero-order valence-corrected chi connectivity index (χ0v) is 16.7. The Morgan fingerprint density at radius 1 is 1.00 bits per heavy atom. The fourth-order valence-corrected chi connectivity index (χ4v) is 4.20. The Kier molecular flexibility index (Phi) is 10.8. The van der Waals surface area contributed by atoms with Crippen molar-refractivity contribution in [3.8, 4) is 0 Å². The molecule has 1 aromatic rings. The molecule has 128 valence electrons. The van der Waals surface area contributed by atoms with Crippen LogP contribution in [0.4, 0.5) is 0 Å². The number of unbranched alkanes of at least 4 members (excludes halogenated alkanes) is 9. The average molecular weight is 361 g/mol. The molecule has 1 heterocycles. The van der Waals surface area contributed by atoms with Crippen LogP contribution >= 0.6 is 36.6 Å². The lowest BCUT2D eigenvalue weighted by atomic mass is 9.87. The maximum absolute atomic E-state index is 4.57. The van der Waals surface area contributed by atoms with Gasteiger partial charge in [-0.1, -0.05) is 78.1 Å². The second-order valence-electron chi connectivity index (χ2n) is 6.47. The number of rotatable bonds is 13. The van der Waals surface area contributed by atoms with Gasteiger partial charge in [0, 0.05) is 5.41 Å². The van der Waals surface area contributed by atoms with E-state index in [9.17, 15) is 0 Å². The molecule has 0 aliphatic carbocycles. The van der Waals surface area contributed by atoms with Gasteiger partial charge in [0.25, 0.3) is 0 Å². The van der Waals surface area contributed by atoms with Crippen LogP contribution in [0.3, 0.4) is 0 Å². The fraction of sp³-hybridized carbons (Fsp3) is 0.882. The van der Waals surface area contributed by atoms with Crippen molar-refractivity contribution in [1.29, 1.82) is 0 Å². The molecule has 0 aliphatic rings. The first-order valence-electron chi connectivity index (χ1n) is 8.74. The van der Waals surface area contributed by atoms with Gasteiger partial charge >= 0.3 is 0 Å². The second kappa shape index (κ2) is 11.7. The summed E-state index contributed by atoms with van der Waals surface area (Å²) in [4.78, 5) is 0. The molecule has 22 heavy (non-hydrogen) atoms. The molecule has 0 N–H and O–H groups in total. The molecule has 0 fully saturated rings. The van der Waals surface area contributed by atoms with Crippen LogP contribution in [-0.4, -0.2) is 14.8 Å². The topological polar surface area (TPSA) is 25.8 Å². The largest absolute Gasteiger partial charge is 0.164 e. The summed E-state index contributed by atoms with van der Waals surface area (Å²) in [5.41, 5.74) is 1.74. The molecule has 5 heteroatoms. The summed E-state index contributed by atoms with van der Waals surface area (Å²) in [5, 5.41) is 9.28. The minimum Gasteiger partial charge on any atom is -0.164 e. The highest BCUT2D eigenvalue weighted by Gasteiger charge is 2.34. The van der Waals surface area contributed by atoms with E-state index in [2.05, 4.69) is 49.3 Å². The van der Waals surface area contributed by atoms with E-state index in [0.717, 1.165) is 11.4 Å². The van der Waals surface area contributed by atoms with Gasteiger partial charge in [0.2, 0.25) is 0 Å². The van der Waals surface area contributed by atoms with Gasteiger partial charge in [-0.2, -0.15) is 25.3 Å². The Labute approximate surface area is 151 Å². The van der Waals surface area contributed by atoms with E-state index in [-0.39, 0.29) is 10.00 Å². The molecular formula is C17H32N2S3. The Bertz CT molecular complexity index is 368. The molecule has 1 rings (SSSR count). The van der Waals surface area contributed by atoms with Crippen molar-refractivity contribution < 1.29 is 0 Å². The van der Waals surface area contributed by atoms with E-state index in [1.165, 1.54) is 64.2 Å². The predicted octanol–water partition coefficient (Wildman–Crippen LogP) is 6.29. The summed E-state index contributed by atoms with van der Waals surface area (Å²) >= 11 is 10.8. The highest BCUT2D eigenvalue weighted by molar-refractivity contribution is 7.99. The smallest absolute Gasteiger partial charge is 0.125 e. The van der Waals surface area contributed by atoms with E-state index < -0.39 is 0 Å². The van der Waals surface area contributed by atoms with Crippen molar-refractivity contribution in [2.75, 3.05) is 0 Å². The van der Waals surface area contributed by atoms with Crippen molar-refractivity contribution >= 4 is 36.6 Å². The van der Waals surface area contributed by atoms with Crippen molar-refractivity contribution in [1.82, 2.24) is 10.2 Å². The molecule has 0 saturated heterocycles. The molecule has 0 aliphatic heterocycles. The molecule has 2 nitrogen and oxygen atoms in total. The Morgan fingerprint density at radius 3 is 2.00 bits per heavy atom. The van der Waals surface area contributed by atoms with Crippen LogP contribution in [0, 0.1) is 0 Å². The highest BCUT2D eigenvalue weighted by Crippen LogP contribution is 2.38. The monoisotopic (exact) mass is 360 g/mol. The quantitative estimate of drug-likeness (QED) is 0.245. The maximum atomic E-state index is 4.57. The first-order valence-corrected chi connectivity index (χ1v) is 10.6. The average Bonchev–Trinajstić information content (AvgIpc) is 3.03. The van der Waals surface area contributed by atoms with Crippen LogP contribution in [-0.2, 0) is 5.41 Å². The zero-order valence-electron chi connectivity index (χ0n) is 14.1. The summed E-state index contributed by atoms with van der Waals surface area (Å²) in [6, 6.07) is 0. The third kappa shape index (κ3) is 7.22. The lowest BCUT2D eigenvalue weighted by Gasteiger charge is -2.29. The minimum atomic E-state index is -0.0620. The van der Waals surface area contributed by atoms with Crippen molar-refractivity contribution in [2.24, 2.45) is 0 Å². The lowest BCUT2D eigenvalue weighted by molar-refractivity contribution is 0.433. The summed E-state index contributed by atoms with van der Waals surface area (Å²) in [7, 11) is 0. The number of hydrogen-bond donors (Lipinski definition) is 2. The van der Waals surface area contributed by atoms with Gasteiger partial charge in [0.15, 0.2) is 0 Å². The molecule has 0 aromatic carbocycles. The zero-order chi connectivity index (χ0) is 16.3. The highest BCUT2D eigenvalue weighted by atomic mass is 32.2. The van der Waals surface area contributed by atoms with E-state index in [1.54, 1.807) is 16.8 Å². The predicted molar refractivity (Wildman–Crippen MR) is 105 cm³/mol. The van der Waals surface area contributed by atoms with Crippen molar-refractivity contribution in [3.63, 3.8) is 0 Å². The van der Waals surface area contributed by atoms with E-state index >= 15 is 0 Å². The molecule has 0 bridgehead atoms. The molecule has 0 radical (unpaired) electrons. The van der Waals surface area contributed by atoms with Crippen LogP contribution < -0.4 is 0 Å². The van der Waals surface area contributed by atoms with Gasteiger partial charge in [0.1, 0.15) is 10.5 Å². The van der Waals surface area contributed by atoms with E-state index in [4.69, 9.17) is 0 Å². The minimum absolute atomic E-state index is 0.0130. The van der Waals surface area contributed by atoms with Crippen molar-refractivity contribution in [2.45, 2.75) is 94.5 Å². The second-order valence-corrected chi connectivity index (χ2v) is 8.74. The van der Waals surface area contributed by atoms with Crippen LogP contribution in [0.5, 0.6) is 0 Å². The normalized spacial score (nSPS) is 14.4. The summed E-state index contributed by atoms with van der Waals surface area (Å²) < 4.78 is 0.0130. The number of hydrogen-bond acceptors (Lipinski definition) is 5. The van der Waals surface area contributed by atoms with Gasteiger partial charge in [-0.3, -0.25) is 0 Å². The van der Waals surface area contributed by atoms with Crippen LogP contribution in [0.2, 0.25) is 0 Å². The third-order valence-corrected chi connectivity index (χ3v) is 6.58. The van der Waals surface area contributed by atoms with Crippen molar-refractivity contribution in [3.05, 3.63) is 10.5 Å². The number of nitrogens with zero attached hydrogens (tertiary/aromatic N) is 2. The van der Waals surface area contributed by atoms with E-state index in [0.29, 0.717) is 0 Å². The summed E-state index contributed by atoms with van der Waals surface area (Å²) in [6.45, 7) is 4.49. The SMILES string of the molecule is CCCCCCCCCCCCC(C)(c1nncs1)C(S)S. The van der Waals surface area contributed by atoms with Gasteiger partial charge in [-0.25, -0.2) is 0 Å². The van der Waals surface area contributed by atoms with Crippen LogP contribution in [0.1, 0.15) is 89.5 Å². The van der Waals surface area contributed by atoms with Crippen LogP contribution in [0.25, 0.3) is 0 Å². The Balaban J connectivity index is 2.12. The lowest BCUT2D eigenvalue weighted by Crippen LogP contribution is -2.29. The maximum Gasteiger partial charge on any atom is 0.125 e. The molecule has 0 saturated carbocycles. The molecule has 1 unspecified atom stereocenters. The van der Waals surface area contributed by atoms with Crippen LogP contribution in [0.15, 0.2) is 5.51 Å². The molecule has 1 aromatic heterocycles. The third-order valence-electron chi connectivity index (χ3n) is 4.47. The van der Waals surface area contributed by atoms with Gasteiger partial charge in [-0.05, 0) is 6.42 Å². The standard InChI is InChI=1S/C17H32N2S3/c1-3-4-5-6-7-8-9-10-11-12-13-17(2,16(20)21)15-19-18-14-22-15/h14,16,20-21H,3-13H2,1-2H3. The van der Waals surface area contributed by atoms with Gasteiger partial charge in [0.05, 0.1) is 4.58 Å². The van der Waals surface area contributed by atoms with E-state index in [1.807, 2.05) is 0 Å². The van der Waals surface area contributed by atoms with Gasteiger partial charge in [-0.15, -0.1) is 21.5 Å². The fourth-order valence-electron chi connectivity index (χ4n) is 2.75. The number of aromatic nitrogens is 2. The molecule has 0 amide bonds. The Hall–Kier alpha value is 0.260. The Morgan fingerprint density at radius 2 is 1.55 bits per heavy atom.